The molecule has 2 aromatic rings. The minimum Gasteiger partial charge on any atom is -0.377 e. The van der Waals surface area contributed by atoms with Crippen molar-refractivity contribution in [3.8, 4) is 0 Å². The number of nitrogens with two attached hydrogens (primary N) is 1. The largest absolute Gasteiger partial charge is 0.377 e. The number of amides is 1. The van der Waals surface area contributed by atoms with Crippen molar-refractivity contribution >= 4 is 16.8 Å². The number of hydrogen-bond donors (Lipinski definition) is 3. The quantitative estimate of drug-likeness (QED) is 0.755. The third kappa shape index (κ3) is 3.83. The molecule has 0 radical (unpaired) electrons. The summed E-state index contributed by atoms with van der Waals surface area (Å²) in [4.78, 5) is 15.3. The summed E-state index contributed by atoms with van der Waals surface area (Å²) >= 11 is 0. The fraction of sp³-hybridized carbons (Fsp3) is 0.438. The van der Waals surface area contributed by atoms with Gasteiger partial charge in [0.05, 0.1) is 11.6 Å². The normalized spacial score (nSPS) is 13.3. The summed E-state index contributed by atoms with van der Waals surface area (Å²) in [6.07, 6.45) is 2.42. The lowest BCUT2D eigenvalue weighted by molar-refractivity contribution is -0.123. The van der Waals surface area contributed by atoms with Gasteiger partial charge in [0.1, 0.15) is 0 Å². The molecule has 1 aromatic heterocycles. The Morgan fingerprint density at radius 3 is 2.86 bits per heavy atom. The minimum atomic E-state index is -0.572. The molecule has 0 unspecified atom stereocenters. The second-order valence-corrected chi connectivity index (χ2v) is 5.85. The number of fused-ring (bicyclic) bond motifs is 1. The highest BCUT2D eigenvalue weighted by atomic mass is 16.5. The summed E-state index contributed by atoms with van der Waals surface area (Å²) in [5.41, 5.74) is 7.72. The Kier molecular flexibility index (Phi) is 4.65. The van der Waals surface area contributed by atoms with Crippen molar-refractivity contribution in [1.29, 1.82) is 0 Å². The number of carbonyl (C=O) groups excluding carboxylic acids is 1. The van der Waals surface area contributed by atoms with Gasteiger partial charge in [-0.25, -0.2) is 0 Å². The van der Waals surface area contributed by atoms with Gasteiger partial charge in [0.25, 0.3) is 0 Å². The zero-order chi connectivity index (χ0) is 15.5. The van der Waals surface area contributed by atoms with E-state index in [2.05, 4.69) is 10.3 Å². The molecule has 5 heteroatoms. The number of ether oxygens (including phenoxy) is 1. The second kappa shape index (κ2) is 6.28. The van der Waals surface area contributed by atoms with Crippen LogP contribution in [-0.2, 0) is 16.0 Å². The SMILES string of the molecule is COC(C)(C)CNC(=O)[C@H](N)Cc1c[nH]c2ccccc12. The summed E-state index contributed by atoms with van der Waals surface area (Å²) in [6, 6.07) is 7.41. The number of aromatic amines is 1. The van der Waals surface area contributed by atoms with Crippen LogP contribution in [0.1, 0.15) is 19.4 Å². The molecule has 0 bridgehead atoms. The van der Waals surface area contributed by atoms with Gasteiger partial charge >= 0.3 is 0 Å². The molecule has 0 saturated carbocycles. The van der Waals surface area contributed by atoms with Gasteiger partial charge in [-0.2, -0.15) is 0 Å². The Hall–Kier alpha value is -1.85. The van der Waals surface area contributed by atoms with Crippen LogP contribution in [0.5, 0.6) is 0 Å². The number of carbonyl (C=O) groups is 1. The molecule has 21 heavy (non-hydrogen) atoms. The molecule has 5 nitrogen and oxygen atoms in total. The van der Waals surface area contributed by atoms with Crippen LogP contribution in [0.15, 0.2) is 30.5 Å². The Bertz CT molecular complexity index is 619. The molecule has 0 aliphatic rings. The maximum atomic E-state index is 12.1. The molecule has 0 aliphatic heterocycles. The first kappa shape index (κ1) is 15.5. The Labute approximate surface area is 124 Å². The first-order chi connectivity index (χ1) is 9.93. The predicted molar refractivity (Wildman–Crippen MR) is 84.1 cm³/mol. The van der Waals surface area contributed by atoms with Gasteiger partial charge in [0.15, 0.2) is 0 Å². The van der Waals surface area contributed by atoms with Gasteiger partial charge in [0.2, 0.25) is 5.91 Å². The van der Waals surface area contributed by atoms with E-state index in [1.54, 1.807) is 7.11 Å². The molecule has 1 amide bonds. The van der Waals surface area contributed by atoms with E-state index in [1.807, 2.05) is 44.3 Å². The number of H-pyrrole nitrogens is 1. The summed E-state index contributed by atoms with van der Waals surface area (Å²) < 4.78 is 5.27. The topological polar surface area (TPSA) is 80.1 Å². The van der Waals surface area contributed by atoms with Crippen molar-refractivity contribution in [3.63, 3.8) is 0 Å². The number of benzene rings is 1. The van der Waals surface area contributed by atoms with E-state index >= 15 is 0 Å². The molecule has 4 N–H and O–H groups in total. The van der Waals surface area contributed by atoms with Gasteiger partial charge in [-0.1, -0.05) is 18.2 Å². The van der Waals surface area contributed by atoms with Crippen molar-refractivity contribution in [2.75, 3.05) is 13.7 Å². The highest BCUT2D eigenvalue weighted by molar-refractivity contribution is 5.86. The summed E-state index contributed by atoms with van der Waals surface area (Å²) in [6.45, 7) is 4.26. The van der Waals surface area contributed by atoms with E-state index in [0.29, 0.717) is 13.0 Å². The third-order valence-electron chi connectivity index (χ3n) is 3.69. The lowest BCUT2D eigenvalue weighted by Gasteiger charge is -2.24. The predicted octanol–water partition coefficient (Wildman–Crippen LogP) is 1.58. The lowest BCUT2D eigenvalue weighted by atomic mass is 10.0. The monoisotopic (exact) mass is 289 g/mol. The molecule has 0 spiro atoms. The zero-order valence-electron chi connectivity index (χ0n) is 12.8. The smallest absolute Gasteiger partial charge is 0.237 e. The first-order valence-electron chi connectivity index (χ1n) is 7.06. The van der Waals surface area contributed by atoms with Crippen LogP contribution < -0.4 is 11.1 Å². The number of methoxy groups -OCH3 is 1. The van der Waals surface area contributed by atoms with Gasteiger partial charge in [-0.15, -0.1) is 0 Å². The van der Waals surface area contributed by atoms with E-state index in [4.69, 9.17) is 10.5 Å². The van der Waals surface area contributed by atoms with E-state index in [1.165, 1.54) is 0 Å². The van der Waals surface area contributed by atoms with Crippen molar-refractivity contribution in [3.05, 3.63) is 36.0 Å². The molecule has 0 fully saturated rings. The second-order valence-electron chi connectivity index (χ2n) is 5.85. The van der Waals surface area contributed by atoms with Crippen LogP contribution in [0.3, 0.4) is 0 Å². The third-order valence-corrected chi connectivity index (χ3v) is 3.69. The van der Waals surface area contributed by atoms with E-state index in [9.17, 15) is 4.79 Å². The average Bonchev–Trinajstić information content (AvgIpc) is 2.88. The number of hydrogen-bond acceptors (Lipinski definition) is 3. The van der Waals surface area contributed by atoms with Gasteiger partial charge in [-0.05, 0) is 31.9 Å². The zero-order valence-corrected chi connectivity index (χ0v) is 12.8. The summed E-state index contributed by atoms with van der Waals surface area (Å²) in [5.74, 6) is -0.162. The van der Waals surface area contributed by atoms with E-state index < -0.39 is 11.6 Å². The molecule has 0 saturated heterocycles. The molecule has 1 atom stereocenters. The Morgan fingerprint density at radius 1 is 1.43 bits per heavy atom. The molecule has 0 aliphatic carbocycles. The molecule has 114 valence electrons. The van der Waals surface area contributed by atoms with Gasteiger partial charge < -0.3 is 20.8 Å². The van der Waals surface area contributed by atoms with Crippen molar-refractivity contribution in [2.24, 2.45) is 5.73 Å². The van der Waals surface area contributed by atoms with Crippen LogP contribution in [-0.4, -0.2) is 36.2 Å². The Balaban J connectivity index is 1.98. The van der Waals surface area contributed by atoms with Crippen LogP contribution in [0.4, 0.5) is 0 Å². The molecule has 2 rings (SSSR count). The fourth-order valence-electron chi connectivity index (χ4n) is 2.13. The number of aromatic nitrogens is 1. The van der Waals surface area contributed by atoms with Crippen LogP contribution in [0.25, 0.3) is 10.9 Å². The highest BCUT2D eigenvalue weighted by Crippen LogP contribution is 2.18. The number of rotatable bonds is 6. The minimum absolute atomic E-state index is 0.162. The summed E-state index contributed by atoms with van der Waals surface area (Å²) in [5, 5.41) is 3.94. The highest BCUT2D eigenvalue weighted by Gasteiger charge is 2.21. The standard InChI is InChI=1S/C16H23N3O2/c1-16(2,21-3)10-19-15(20)13(17)8-11-9-18-14-7-5-4-6-12(11)14/h4-7,9,13,18H,8,10,17H2,1-3H3,(H,19,20)/t13-/m1/s1. The lowest BCUT2D eigenvalue weighted by Crippen LogP contribution is -2.47. The fourth-order valence-corrected chi connectivity index (χ4v) is 2.13. The number of nitrogens with one attached hydrogen (secondary N) is 2. The molecule has 1 aromatic carbocycles. The maximum absolute atomic E-state index is 12.1. The van der Waals surface area contributed by atoms with Crippen molar-refractivity contribution in [1.82, 2.24) is 10.3 Å². The average molecular weight is 289 g/mol. The van der Waals surface area contributed by atoms with Crippen LogP contribution in [0, 0.1) is 0 Å². The first-order valence-corrected chi connectivity index (χ1v) is 7.06. The van der Waals surface area contributed by atoms with E-state index in [0.717, 1.165) is 16.5 Å². The molecular weight excluding hydrogens is 266 g/mol. The summed E-state index contributed by atoms with van der Waals surface area (Å²) in [7, 11) is 1.62. The maximum Gasteiger partial charge on any atom is 0.237 e. The van der Waals surface area contributed by atoms with Gasteiger partial charge in [-0.3, -0.25) is 4.79 Å². The Morgan fingerprint density at radius 2 is 2.14 bits per heavy atom. The van der Waals surface area contributed by atoms with Gasteiger partial charge in [0, 0.05) is 30.8 Å². The number of para-hydroxylation sites is 1. The van der Waals surface area contributed by atoms with Crippen LogP contribution >= 0.6 is 0 Å². The van der Waals surface area contributed by atoms with Crippen molar-refractivity contribution < 1.29 is 9.53 Å². The molecular formula is C16H23N3O2. The molecule has 1 heterocycles. The van der Waals surface area contributed by atoms with Crippen molar-refractivity contribution in [2.45, 2.75) is 31.9 Å². The van der Waals surface area contributed by atoms with E-state index in [-0.39, 0.29) is 5.91 Å². The van der Waals surface area contributed by atoms with Crippen LogP contribution in [0.2, 0.25) is 0 Å².